The number of nitrogens with one attached hydrogen (secondary N) is 1. The highest BCUT2D eigenvalue weighted by atomic mass is 32.1. The van der Waals surface area contributed by atoms with Gasteiger partial charge in [-0.3, -0.25) is 4.79 Å². The topological polar surface area (TPSA) is 88.4 Å². The molecule has 0 aliphatic carbocycles. The van der Waals surface area contributed by atoms with Gasteiger partial charge in [0.1, 0.15) is 16.8 Å². The summed E-state index contributed by atoms with van der Waals surface area (Å²) in [6, 6.07) is 8.69. The Morgan fingerprint density at radius 1 is 1.27 bits per heavy atom. The zero-order chi connectivity index (χ0) is 19.1. The van der Waals surface area contributed by atoms with Crippen molar-refractivity contribution in [3.8, 4) is 11.8 Å². The number of para-hydroxylation sites is 1. The number of carbonyl (C=O) groups is 2. The van der Waals surface area contributed by atoms with E-state index in [2.05, 4.69) is 5.32 Å². The van der Waals surface area contributed by atoms with E-state index in [1.165, 1.54) is 11.3 Å². The van der Waals surface area contributed by atoms with Crippen molar-refractivity contribution in [3.63, 3.8) is 0 Å². The van der Waals surface area contributed by atoms with Crippen LogP contribution in [-0.4, -0.2) is 25.1 Å². The van der Waals surface area contributed by atoms with E-state index in [9.17, 15) is 9.59 Å². The number of nitrogens with zero attached hydrogens (tertiary/aromatic N) is 1. The van der Waals surface area contributed by atoms with Crippen LogP contribution in [-0.2, 0) is 16.0 Å². The quantitative estimate of drug-likeness (QED) is 0.749. The number of thiophene rings is 1. The number of amides is 1. The lowest BCUT2D eigenvalue weighted by Gasteiger charge is -2.09. The molecule has 0 atom stereocenters. The number of esters is 1. The molecular formula is C19H20N2O4S. The van der Waals surface area contributed by atoms with Crippen LogP contribution in [0.5, 0.6) is 5.75 Å². The standard InChI is InChI=1S/C19H20N2O4S/c1-4-14-12(3)26-18(17(14)19(23)24-5-2)21-16(22)11-25-15-9-7-6-8-13(15)10-20/h6-9H,4-5,11H2,1-3H3,(H,21,22). The van der Waals surface area contributed by atoms with Gasteiger partial charge in [-0.15, -0.1) is 11.3 Å². The molecule has 0 saturated carbocycles. The van der Waals surface area contributed by atoms with Crippen LogP contribution in [0, 0.1) is 18.3 Å². The molecule has 0 bridgehead atoms. The smallest absolute Gasteiger partial charge is 0.341 e. The van der Waals surface area contributed by atoms with Crippen molar-refractivity contribution >= 4 is 28.2 Å². The van der Waals surface area contributed by atoms with Gasteiger partial charge in [0.2, 0.25) is 0 Å². The monoisotopic (exact) mass is 372 g/mol. The van der Waals surface area contributed by atoms with E-state index < -0.39 is 11.9 Å². The van der Waals surface area contributed by atoms with E-state index in [1.54, 1.807) is 31.2 Å². The number of anilines is 1. The molecule has 0 fully saturated rings. The van der Waals surface area contributed by atoms with Crippen LogP contribution in [0.4, 0.5) is 5.00 Å². The summed E-state index contributed by atoms with van der Waals surface area (Å²) in [5.74, 6) is -0.515. The molecule has 2 aromatic rings. The first-order chi connectivity index (χ1) is 12.5. The van der Waals surface area contributed by atoms with Crippen molar-refractivity contribution in [1.82, 2.24) is 0 Å². The highest BCUT2D eigenvalue weighted by Crippen LogP contribution is 2.34. The molecule has 1 amide bonds. The Labute approximate surface area is 156 Å². The largest absolute Gasteiger partial charge is 0.482 e. The Balaban J connectivity index is 2.14. The molecule has 1 heterocycles. The van der Waals surface area contributed by atoms with Gasteiger partial charge in [-0.25, -0.2) is 4.79 Å². The third-order valence-electron chi connectivity index (χ3n) is 3.66. The zero-order valence-electron chi connectivity index (χ0n) is 14.9. The Kier molecular flexibility index (Phi) is 6.75. The highest BCUT2D eigenvalue weighted by molar-refractivity contribution is 7.16. The number of aryl methyl sites for hydroxylation is 1. The Morgan fingerprint density at radius 3 is 2.65 bits per heavy atom. The summed E-state index contributed by atoms with van der Waals surface area (Å²) in [4.78, 5) is 25.5. The molecule has 0 radical (unpaired) electrons. The SMILES string of the molecule is CCOC(=O)c1c(NC(=O)COc2ccccc2C#N)sc(C)c1CC. The van der Waals surface area contributed by atoms with Gasteiger partial charge < -0.3 is 14.8 Å². The minimum Gasteiger partial charge on any atom is -0.482 e. The third-order valence-corrected chi connectivity index (χ3v) is 4.72. The fourth-order valence-electron chi connectivity index (χ4n) is 2.50. The van der Waals surface area contributed by atoms with Crippen LogP contribution in [0.1, 0.15) is 40.2 Å². The molecule has 0 saturated heterocycles. The second-order valence-corrected chi connectivity index (χ2v) is 6.58. The Bertz CT molecular complexity index is 852. The molecule has 1 N–H and O–H groups in total. The fraction of sp³-hybridized carbons (Fsp3) is 0.316. The summed E-state index contributed by atoms with van der Waals surface area (Å²) in [7, 11) is 0. The molecule has 0 spiro atoms. The lowest BCUT2D eigenvalue weighted by molar-refractivity contribution is -0.118. The van der Waals surface area contributed by atoms with E-state index in [1.807, 2.05) is 19.9 Å². The van der Waals surface area contributed by atoms with E-state index in [0.717, 1.165) is 10.4 Å². The van der Waals surface area contributed by atoms with E-state index in [0.29, 0.717) is 28.3 Å². The lowest BCUT2D eigenvalue weighted by Crippen LogP contribution is -2.21. The molecule has 0 aliphatic heterocycles. The van der Waals surface area contributed by atoms with Crippen LogP contribution in [0.2, 0.25) is 0 Å². The predicted octanol–water partition coefficient (Wildman–Crippen LogP) is 3.68. The number of hydrogen-bond donors (Lipinski definition) is 1. The second kappa shape index (κ2) is 9.02. The van der Waals surface area contributed by atoms with Gasteiger partial charge in [-0.2, -0.15) is 5.26 Å². The molecule has 7 heteroatoms. The normalized spacial score (nSPS) is 10.1. The maximum absolute atomic E-state index is 12.3. The van der Waals surface area contributed by atoms with Crippen molar-refractivity contribution in [2.45, 2.75) is 27.2 Å². The van der Waals surface area contributed by atoms with Crippen LogP contribution in [0.25, 0.3) is 0 Å². The molecule has 0 unspecified atom stereocenters. The van der Waals surface area contributed by atoms with E-state index in [-0.39, 0.29) is 13.2 Å². The molecule has 0 aliphatic rings. The molecular weight excluding hydrogens is 352 g/mol. The predicted molar refractivity (Wildman–Crippen MR) is 99.7 cm³/mol. The minimum atomic E-state index is -0.445. The van der Waals surface area contributed by atoms with Gasteiger partial charge in [0.25, 0.3) is 5.91 Å². The fourth-order valence-corrected chi connectivity index (χ4v) is 3.65. The molecule has 1 aromatic carbocycles. The zero-order valence-corrected chi connectivity index (χ0v) is 15.7. The summed E-state index contributed by atoms with van der Waals surface area (Å²) >= 11 is 1.34. The maximum Gasteiger partial charge on any atom is 0.341 e. The van der Waals surface area contributed by atoms with Crippen LogP contribution < -0.4 is 10.1 Å². The van der Waals surface area contributed by atoms with Gasteiger partial charge in [0, 0.05) is 4.88 Å². The number of ether oxygens (including phenoxy) is 2. The number of nitriles is 1. The average Bonchev–Trinajstić information content (AvgIpc) is 2.95. The first-order valence-corrected chi connectivity index (χ1v) is 9.04. The average molecular weight is 372 g/mol. The van der Waals surface area contributed by atoms with Gasteiger partial charge in [-0.1, -0.05) is 19.1 Å². The molecule has 1 aromatic heterocycles. The van der Waals surface area contributed by atoms with Gasteiger partial charge in [0.15, 0.2) is 6.61 Å². The first-order valence-electron chi connectivity index (χ1n) is 8.22. The summed E-state index contributed by atoms with van der Waals surface area (Å²) in [6.07, 6.45) is 0.665. The number of hydrogen-bond acceptors (Lipinski definition) is 6. The summed E-state index contributed by atoms with van der Waals surface area (Å²) in [6.45, 7) is 5.59. The number of benzene rings is 1. The van der Waals surface area contributed by atoms with Crippen LogP contribution in [0.15, 0.2) is 24.3 Å². The summed E-state index contributed by atoms with van der Waals surface area (Å²) < 4.78 is 10.5. The summed E-state index contributed by atoms with van der Waals surface area (Å²) in [5, 5.41) is 12.2. The minimum absolute atomic E-state index is 0.262. The van der Waals surface area contributed by atoms with Crippen molar-refractivity contribution < 1.29 is 19.1 Å². The molecule has 26 heavy (non-hydrogen) atoms. The molecule has 136 valence electrons. The third kappa shape index (κ3) is 4.41. The highest BCUT2D eigenvalue weighted by Gasteiger charge is 2.23. The van der Waals surface area contributed by atoms with Crippen molar-refractivity contribution in [3.05, 3.63) is 45.8 Å². The lowest BCUT2D eigenvalue weighted by atomic mass is 10.1. The molecule has 2 rings (SSSR count). The number of carbonyl (C=O) groups excluding carboxylic acids is 2. The van der Waals surface area contributed by atoms with Crippen LogP contribution in [0.3, 0.4) is 0 Å². The van der Waals surface area contributed by atoms with E-state index >= 15 is 0 Å². The van der Waals surface area contributed by atoms with Gasteiger partial charge in [-0.05, 0) is 38.0 Å². The molecule has 6 nitrogen and oxygen atoms in total. The van der Waals surface area contributed by atoms with Gasteiger partial charge >= 0.3 is 5.97 Å². The van der Waals surface area contributed by atoms with Crippen molar-refractivity contribution in [2.24, 2.45) is 0 Å². The van der Waals surface area contributed by atoms with Crippen molar-refractivity contribution in [2.75, 3.05) is 18.5 Å². The number of rotatable bonds is 7. The Hall–Kier alpha value is -2.85. The second-order valence-electron chi connectivity index (χ2n) is 5.36. The van der Waals surface area contributed by atoms with Gasteiger partial charge in [0.05, 0.1) is 17.7 Å². The van der Waals surface area contributed by atoms with Crippen LogP contribution >= 0.6 is 11.3 Å². The Morgan fingerprint density at radius 2 is 2.00 bits per heavy atom. The van der Waals surface area contributed by atoms with E-state index in [4.69, 9.17) is 14.7 Å². The summed E-state index contributed by atoms with van der Waals surface area (Å²) in [5.41, 5.74) is 1.63. The first kappa shape index (κ1) is 19.5. The maximum atomic E-state index is 12.3. The van der Waals surface area contributed by atoms with Crippen molar-refractivity contribution in [1.29, 1.82) is 5.26 Å².